The number of ether oxygens (including phenoxy) is 1. The normalized spacial score (nSPS) is 11.8. The number of amides is 2. The Bertz CT molecular complexity index is 809. The maximum atomic E-state index is 13.2. The van der Waals surface area contributed by atoms with Crippen molar-refractivity contribution in [1.82, 2.24) is 5.32 Å². The molecular weight excluding hydrogens is 371 g/mol. The molecule has 1 atom stereocenters. The highest BCUT2D eigenvalue weighted by Gasteiger charge is 2.25. The predicted molar refractivity (Wildman–Crippen MR) is 104 cm³/mol. The van der Waals surface area contributed by atoms with Gasteiger partial charge in [-0.05, 0) is 55.3 Å². The van der Waals surface area contributed by atoms with Gasteiger partial charge in [-0.2, -0.15) is 0 Å². The summed E-state index contributed by atoms with van der Waals surface area (Å²) in [7, 11) is 0. The number of rotatable bonds is 7. The molecule has 0 spiro atoms. The molecule has 2 amide bonds. The van der Waals surface area contributed by atoms with Crippen molar-refractivity contribution in [3.05, 3.63) is 58.9 Å². The van der Waals surface area contributed by atoms with Gasteiger partial charge in [0.05, 0.1) is 11.6 Å². The molecule has 2 aromatic carbocycles. The van der Waals surface area contributed by atoms with Gasteiger partial charge >= 0.3 is 0 Å². The van der Waals surface area contributed by atoms with Crippen LogP contribution in [0.25, 0.3) is 0 Å². The Morgan fingerprint density at radius 1 is 1.15 bits per heavy atom. The van der Waals surface area contributed by atoms with Gasteiger partial charge in [0, 0.05) is 11.3 Å². The van der Waals surface area contributed by atoms with Crippen LogP contribution in [0.5, 0.6) is 5.75 Å². The van der Waals surface area contributed by atoms with Crippen LogP contribution in [0.4, 0.5) is 10.1 Å². The largest absolute Gasteiger partial charge is 0.494 e. The Balaban J connectivity index is 2.08. The lowest BCUT2D eigenvalue weighted by Crippen LogP contribution is -2.47. The van der Waals surface area contributed by atoms with E-state index in [0.29, 0.717) is 23.6 Å². The third kappa shape index (κ3) is 5.69. The monoisotopic (exact) mass is 392 g/mol. The van der Waals surface area contributed by atoms with Crippen LogP contribution in [-0.4, -0.2) is 24.5 Å². The van der Waals surface area contributed by atoms with Crippen molar-refractivity contribution in [1.29, 1.82) is 0 Å². The van der Waals surface area contributed by atoms with Gasteiger partial charge in [-0.25, -0.2) is 4.39 Å². The van der Waals surface area contributed by atoms with E-state index in [0.717, 1.165) is 0 Å². The summed E-state index contributed by atoms with van der Waals surface area (Å²) in [6.07, 6.45) is 0. The smallest absolute Gasteiger partial charge is 0.251 e. The molecule has 0 aliphatic heterocycles. The summed E-state index contributed by atoms with van der Waals surface area (Å²) < 4.78 is 18.6. The second kappa shape index (κ2) is 9.37. The molecule has 0 radical (unpaired) electrons. The van der Waals surface area contributed by atoms with Crippen LogP contribution in [0.3, 0.4) is 0 Å². The Kier molecular flexibility index (Phi) is 7.19. The topological polar surface area (TPSA) is 67.4 Å². The Morgan fingerprint density at radius 2 is 1.81 bits per heavy atom. The van der Waals surface area contributed by atoms with Crippen molar-refractivity contribution in [3.8, 4) is 5.75 Å². The lowest BCUT2D eigenvalue weighted by atomic mass is 10.0. The molecule has 0 fully saturated rings. The van der Waals surface area contributed by atoms with Gasteiger partial charge in [0.1, 0.15) is 17.6 Å². The van der Waals surface area contributed by atoms with Crippen LogP contribution in [0.15, 0.2) is 42.5 Å². The number of hydrogen-bond donors (Lipinski definition) is 2. The third-order valence-electron chi connectivity index (χ3n) is 3.85. The average molecular weight is 393 g/mol. The lowest BCUT2D eigenvalue weighted by Gasteiger charge is -2.22. The zero-order chi connectivity index (χ0) is 20.0. The van der Waals surface area contributed by atoms with E-state index in [2.05, 4.69) is 10.6 Å². The van der Waals surface area contributed by atoms with Crippen molar-refractivity contribution >= 4 is 29.1 Å². The van der Waals surface area contributed by atoms with Gasteiger partial charge in [0.15, 0.2) is 0 Å². The summed E-state index contributed by atoms with van der Waals surface area (Å²) in [5.41, 5.74) is 0.772. The molecule has 0 bridgehead atoms. The fraction of sp³-hybridized carbons (Fsp3) is 0.300. The third-order valence-corrected chi connectivity index (χ3v) is 4.14. The molecule has 2 N–H and O–H groups in total. The van der Waals surface area contributed by atoms with Crippen LogP contribution >= 0.6 is 11.6 Å². The highest BCUT2D eigenvalue weighted by molar-refractivity contribution is 6.31. The quantitative estimate of drug-likeness (QED) is 0.739. The number of nitrogens with one attached hydrogen (secondary N) is 2. The average Bonchev–Trinajstić information content (AvgIpc) is 2.63. The van der Waals surface area contributed by atoms with E-state index in [4.69, 9.17) is 16.3 Å². The molecule has 7 heteroatoms. The maximum Gasteiger partial charge on any atom is 0.251 e. The zero-order valence-electron chi connectivity index (χ0n) is 15.4. The summed E-state index contributed by atoms with van der Waals surface area (Å²) in [4.78, 5) is 25.1. The second-order valence-electron chi connectivity index (χ2n) is 6.27. The first-order valence-electron chi connectivity index (χ1n) is 8.61. The Morgan fingerprint density at radius 3 is 2.37 bits per heavy atom. The number of carbonyl (C=O) groups excluding carboxylic acids is 2. The summed E-state index contributed by atoms with van der Waals surface area (Å²) >= 11 is 5.73. The lowest BCUT2D eigenvalue weighted by molar-refractivity contribution is -0.118. The van der Waals surface area contributed by atoms with Gasteiger partial charge in [-0.3, -0.25) is 9.59 Å². The van der Waals surface area contributed by atoms with Gasteiger partial charge < -0.3 is 15.4 Å². The van der Waals surface area contributed by atoms with E-state index in [-0.39, 0.29) is 16.8 Å². The predicted octanol–water partition coefficient (Wildman–Crippen LogP) is 4.27. The van der Waals surface area contributed by atoms with E-state index in [1.807, 2.05) is 20.8 Å². The van der Waals surface area contributed by atoms with E-state index < -0.39 is 17.8 Å². The molecule has 0 aromatic heterocycles. The zero-order valence-corrected chi connectivity index (χ0v) is 16.1. The van der Waals surface area contributed by atoms with Crippen molar-refractivity contribution in [2.45, 2.75) is 26.8 Å². The van der Waals surface area contributed by atoms with Crippen LogP contribution in [0, 0.1) is 11.7 Å². The van der Waals surface area contributed by atoms with Crippen molar-refractivity contribution < 1.29 is 18.7 Å². The second-order valence-corrected chi connectivity index (χ2v) is 6.68. The fourth-order valence-electron chi connectivity index (χ4n) is 2.42. The van der Waals surface area contributed by atoms with Gasteiger partial charge in [0.25, 0.3) is 5.91 Å². The molecule has 0 unspecified atom stereocenters. The minimum atomic E-state index is -0.770. The molecule has 0 heterocycles. The van der Waals surface area contributed by atoms with Gasteiger partial charge in [-0.1, -0.05) is 25.4 Å². The highest BCUT2D eigenvalue weighted by Crippen LogP contribution is 2.20. The highest BCUT2D eigenvalue weighted by atomic mass is 35.5. The van der Waals surface area contributed by atoms with Gasteiger partial charge in [-0.15, -0.1) is 0 Å². The van der Waals surface area contributed by atoms with Crippen LogP contribution in [0.1, 0.15) is 31.1 Å². The first-order chi connectivity index (χ1) is 12.8. The summed E-state index contributed by atoms with van der Waals surface area (Å²) in [6, 6.07) is 9.79. The Hall–Kier alpha value is -2.60. The van der Waals surface area contributed by atoms with Gasteiger partial charge in [0.2, 0.25) is 5.91 Å². The molecule has 0 saturated heterocycles. The molecule has 2 rings (SSSR count). The maximum absolute atomic E-state index is 13.2. The molecule has 0 saturated carbocycles. The van der Waals surface area contributed by atoms with Crippen LogP contribution in [0.2, 0.25) is 5.02 Å². The fourth-order valence-corrected chi connectivity index (χ4v) is 2.60. The molecule has 0 aliphatic rings. The first kappa shape index (κ1) is 20.7. The Labute approximate surface area is 162 Å². The molecular formula is C20H22ClFN2O3. The van der Waals surface area contributed by atoms with Crippen molar-refractivity contribution in [3.63, 3.8) is 0 Å². The van der Waals surface area contributed by atoms with Crippen molar-refractivity contribution in [2.24, 2.45) is 5.92 Å². The van der Waals surface area contributed by atoms with E-state index in [9.17, 15) is 14.0 Å². The van der Waals surface area contributed by atoms with Crippen LogP contribution in [-0.2, 0) is 4.79 Å². The molecule has 0 aliphatic carbocycles. The number of halogens is 2. The number of carbonyl (C=O) groups is 2. The molecule has 2 aromatic rings. The summed E-state index contributed by atoms with van der Waals surface area (Å²) in [5, 5.41) is 5.29. The number of anilines is 1. The number of hydrogen-bond acceptors (Lipinski definition) is 3. The summed E-state index contributed by atoms with van der Waals surface area (Å²) in [5.74, 6) is -0.845. The van der Waals surface area contributed by atoms with Crippen molar-refractivity contribution in [2.75, 3.05) is 11.9 Å². The molecule has 27 heavy (non-hydrogen) atoms. The molecule has 5 nitrogen and oxygen atoms in total. The SMILES string of the molecule is CCOc1ccc(C(=O)N[C@H](C(=O)Nc2ccc(F)c(Cl)c2)C(C)C)cc1. The summed E-state index contributed by atoms with van der Waals surface area (Å²) in [6.45, 7) is 6.05. The standard InChI is InChI=1S/C20H22ClFN2O3/c1-4-27-15-8-5-13(6-9-15)19(25)24-18(12(2)3)20(26)23-14-7-10-17(22)16(21)11-14/h5-12,18H,4H2,1-3H3,(H,23,26)(H,24,25)/t18-/m0/s1. The van der Waals surface area contributed by atoms with E-state index in [1.165, 1.54) is 18.2 Å². The minimum absolute atomic E-state index is 0.0904. The first-order valence-corrected chi connectivity index (χ1v) is 8.99. The number of benzene rings is 2. The van der Waals surface area contributed by atoms with E-state index in [1.54, 1.807) is 24.3 Å². The minimum Gasteiger partial charge on any atom is -0.494 e. The molecule has 144 valence electrons. The van der Waals surface area contributed by atoms with E-state index >= 15 is 0 Å². The van der Waals surface area contributed by atoms with Crippen LogP contribution < -0.4 is 15.4 Å².